The summed E-state index contributed by atoms with van der Waals surface area (Å²) in [5, 5.41) is 0. The summed E-state index contributed by atoms with van der Waals surface area (Å²) in [5.41, 5.74) is 6.80. The van der Waals surface area contributed by atoms with Crippen LogP contribution in [-0.2, 0) is 10.0 Å². The van der Waals surface area contributed by atoms with Crippen LogP contribution >= 0.6 is 12.4 Å². The number of nitrogens with one attached hydrogen (secondary N) is 1. The molecule has 2 aromatic carbocycles. The van der Waals surface area contributed by atoms with Gasteiger partial charge in [-0.3, -0.25) is 9.52 Å². The number of anilines is 1. The first-order valence-electron chi connectivity index (χ1n) is 8.71. The molecule has 0 spiro atoms. The third-order valence-electron chi connectivity index (χ3n) is 4.50. The molecule has 0 radical (unpaired) electrons. The van der Waals surface area contributed by atoms with Gasteiger partial charge in [0.15, 0.2) is 0 Å². The van der Waals surface area contributed by atoms with E-state index in [2.05, 4.69) is 4.72 Å². The summed E-state index contributed by atoms with van der Waals surface area (Å²) < 4.78 is 32.6. The lowest BCUT2D eigenvalue weighted by Gasteiger charge is -2.30. The number of hydrogen-bond acceptors (Lipinski definition) is 5. The number of benzene rings is 2. The van der Waals surface area contributed by atoms with Crippen LogP contribution in [0.25, 0.3) is 0 Å². The molecule has 1 aliphatic heterocycles. The van der Waals surface area contributed by atoms with Gasteiger partial charge in [0, 0.05) is 30.4 Å². The van der Waals surface area contributed by atoms with Gasteiger partial charge in [-0.05, 0) is 61.4 Å². The first kappa shape index (κ1) is 22.0. The lowest BCUT2D eigenvalue weighted by atomic mass is 10.1. The fourth-order valence-electron chi connectivity index (χ4n) is 3.03. The van der Waals surface area contributed by atoms with E-state index in [1.54, 1.807) is 36.3 Å². The zero-order chi connectivity index (χ0) is 19.4. The molecule has 0 aliphatic carbocycles. The number of nitrogens with two attached hydrogens (primary N) is 1. The first-order chi connectivity index (χ1) is 12.9. The number of ether oxygens (including phenoxy) is 1. The molecule has 1 amide bonds. The highest BCUT2D eigenvalue weighted by molar-refractivity contribution is 7.92. The highest BCUT2D eigenvalue weighted by Gasteiger charge is 2.23. The summed E-state index contributed by atoms with van der Waals surface area (Å²) in [5.74, 6) is 0.510. The number of halogens is 1. The summed E-state index contributed by atoms with van der Waals surface area (Å²) >= 11 is 0. The van der Waals surface area contributed by atoms with Crippen LogP contribution in [0.3, 0.4) is 0 Å². The lowest BCUT2D eigenvalue weighted by Crippen LogP contribution is -2.45. The Bertz CT molecular complexity index is 902. The molecule has 3 rings (SSSR count). The smallest absolute Gasteiger partial charge is 0.261 e. The Morgan fingerprint density at radius 3 is 2.36 bits per heavy atom. The number of carbonyl (C=O) groups excluding carboxylic acids is 1. The normalized spacial score (nSPS) is 16.8. The maximum atomic E-state index is 12.6. The van der Waals surface area contributed by atoms with Crippen molar-refractivity contribution < 1.29 is 17.9 Å². The molecule has 2 aromatic rings. The van der Waals surface area contributed by atoms with Crippen LogP contribution in [0.4, 0.5) is 5.69 Å². The molecule has 1 heterocycles. The average Bonchev–Trinajstić information content (AvgIpc) is 2.68. The first-order valence-corrected chi connectivity index (χ1v) is 10.2. The van der Waals surface area contributed by atoms with Crippen LogP contribution in [0.15, 0.2) is 53.4 Å². The van der Waals surface area contributed by atoms with Gasteiger partial charge in [0.05, 0.1) is 12.0 Å². The van der Waals surface area contributed by atoms with Crippen molar-refractivity contribution in [3.8, 4) is 5.75 Å². The Hall–Kier alpha value is -2.29. The Morgan fingerprint density at radius 2 is 1.79 bits per heavy atom. The van der Waals surface area contributed by atoms with Gasteiger partial charge in [0.1, 0.15) is 5.75 Å². The van der Waals surface area contributed by atoms with E-state index in [0.717, 1.165) is 12.8 Å². The second kappa shape index (κ2) is 9.27. The zero-order valence-electron chi connectivity index (χ0n) is 15.5. The molecule has 1 atom stereocenters. The fraction of sp³-hybridized carbons (Fsp3) is 0.316. The standard InChI is InChI=1S/C19H23N3O4S.ClH/c1-26-17-8-6-16(7-9-17)21-27(24,25)18-10-4-14(5-11-18)19(23)22-12-2-3-15(20)13-22;/h4-11,15,21H,2-3,12-13,20H2,1H3;1H. The second-order valence-electron chi connectivity index (χ2n) is 6.51. The molecule has 1 saturated heterocycles. The van der Waals surface area contributed by atoms with Crippen LogP contribution in [0.5, 0.6) is 5.75 Å². The van der Waals surface area contributed by atoms with Crippen LogP contribution in [0.1, 0.15) is 23.2 Å². The van der Waals surface area contributed by atoms with E-state index in [-0.39, 0.29) is 29.3 Å². The molecule has 0 saturated carbocycles. The predicted molar refractivity (Wildman–Crippen MR) is 111 cm³/mol. The Labute approximate surface area is 171 Å². The largest absolute Gasteiger partial charge is 0.497 e. The van der Waals surface area contributed by atoms with E-state index in [0.29, 0.717) is 30.1 Å². The summed E-state index contributed by atoms with van der Waals surface area (Å²) in [7, 11) is -2.20. The second-order valence-corrected chi connectivity index (χ2v) is 8.19. The molecule has 1 unspecified atom stereocenters. The molecule has 28 heavy (non-hydrogen) atoms. The van der Waals surface area contributed by atoms with Crippen molar-refractivity contribution in [3.05, 3.63) is 54.1 Å². The molecule has 0 bridgehead atoms. The molecule has 152 valence electrons. The number of sulfonamides is 1. The fourth-order valence-corrected chi connectivity index (χ4v) is 4.09. The van der Waals surface area contributed by atoms with Gasteiger partial charge < -0.3 is 15.4 Å². The quantitative estimate of drug-likeness (QED) is 0.766. The van der Waals surface area contributed by atoms with Crippen molar-refractivity contribution in [2.24, 2.45) is 5.73 Å². The highest BCUT2D eigenvalue weighted by Crippen LogP contribution is 2.20. The van der Waals surface area contributed by atoms with Crippen molar-refractivity contribution in [1.29, 1.82) is 0 Å². The number of carbonyl (C=O) groups is 1. The van der Waals surface area contributed by atoms with Gasteiger partial charge >= 0.3 is 0 Å². The number of amides is 1. The van der Waals surface area contributed by atoms with Crippen LogP contribution in [-0.4, -0.2) is 45.5 Å². The summed E-state index contributed by atoms with van der Waals surface area (Å²) in [6.07, 6.45) is 1.79. The monoisotopic (exact) mass is 425 g/mol. The highest BCUT2D eigenvalue weighted by atomic mass is 35.5. The Morgan fingerprint density at radius 1 is 1.14 bits per heavy atom. The number of nitrogens with zero attached hydrogens (tertiary/aromatic N) is 1. The van der Waals surface area contributed by atoms with Gasteiger partial charge in [-0.2, -0.15) is 0 Å². The summed E-state index contributed by atoms with van der Waals surface area (Å²) in [4.78, 5) is 14.4. The SMILES string of the molecule is COc1ccc(NS(=O)(=O)c2ccc(C(=O)N3CCCC(N)C3)cc2)cc1.Cl. The van der Waals surface area contributed by atoms with Crippen molar-refractivity contribution in [2.45, 2.75) is 23.8 Å². The minimum atomic E-state index is -3.74. The van der Waals surface area contributed by atoms with Crippen molar-refractivity contribution >= 4 is 34.0 Å². The number of methoxy groups -OCH3 is 1. The number of hydrogen-bond donors (Lipinski definition) is 2. The van der Waals surface area contributed by atoms with E-state index in [4.69, 9.17) is 10.5 Å². The third-order valence-corrected chi connectivity index (χ3v) is 5.90. The molecule has 1 fully saturated rings. The van der Waals surface area contributed by atoms with E-state index >= 15 is 0 Å². The van der Waals surface area contributed by atoms with Gasteiger partial charge in [0.2, 0.25) is 0 Å². The van der Waals surface area contributed by atoms with Gasteiger partial charge in [-0.25, -0.2) is 8.42 Å². The molecular weight excluding hydrogens is 402 g/mol. The maximum absolute atomic E-state index is 12.6. The maximum Gasteiger partial charge on any atom is 0.261 e. The third kappa shape index (κ3) is 5.15. The van der Waals surface area contributed by atoms with E-state index in [1.807, 2.05) is 0 Å². The number of piperidine rings is 1. The average molecular weight is 426 g/mol. The van der Waals surface area contributed by atoms with Gasteiger partial charge in [0.25, 0.3) is 15.9 Å². The molecular formula is C19H24ClN3O4S. The minimum absolute atomic E-state index is 0. The van der Waals surface area contributed by atoms with Crippen molar-refractivity contribution in [3.63, 3.8) is 0 Å². The van der Waals surface area contributed by atoms with Gasteiger partial charge in [-0.1, -0.05) is 0 Å². The van der Waals surface area contributed by atoms with E-state index in [9.17, 15) is 13.2 Å². The number of rotatable bonds is 5. The molecule has 3 N–H and O–H groups in total. The van der Waals surface area contributed by atoms with Crippen LogP contribution in [0, 0.1) is 0 Å². The Kier molecular flexibility index (Phi) is 7.29. The summed E-state index contributed by atoms with van der Waals surface area (Å²) in [6, 6.07) is 12.5. The van der Waals surface area contributed by atoms with Gasteiger partial charge in [-0.15, -0.1) is 12.4 Å². The topological polar surface area (TPSA) is 102 Å². The summed E-state index contributed by atoms with van der Waals surface area (Å²) in [6.45, 7) is 1.20. The molecule has 0 aromatic heterocycles. The van der Waals surface area contributed by atoms with Crippen LogP contribution < -0.4 is 15.2 Å². The predicted octanol–water partition coefficient (Wildman–Crippen LogP) is 2.48. The molecule has 1 aliphatic rings. The minimum Gasteiger partial charge on any atom is -0.497 e. The van der Waals surface area contributed by atoms with Crippen molar-refractivity contribution in [1.82, 2.24) is 4.90 Å². The lowest BCUT2D eigenvalue weighted by molar-refractivity contribution is 0.0708. The molecule has 7 nitrogen and oxygen atoms in total. The van der Waals surface area contributed by atoms with Crippen LogP contribution in [0.2, 0.25) is 0 Å². The van der Waals surface area contributed by atoms with E-state index < -0.39 is 10.0 Å². The zero-order valence-corrected chi connectivity index (χ0v) is 17.1. The van der Waals surface area contributed by atoms with E-state index in [1.165, 1.54) is 24.3 Å². The number of likely N-dealkylation sites (tertiary alicyclic amines) is 1. The molecule has 9 heteroatoms. The van der Waals surface area contributed by atoms with Crippen molar-refractivity contribution in [2.75, 3.05) is 24.9 Å². The Balaban J connectivity index is 0.00000280.